The van der Waals surface area contributed by atoms with Crippen LogP contribution in [0.5, 0.6) is 5.75 Å². The van der Waals surface area contributed by atoms with E-state index in [1.54, 1.807) is 19.2 Å². The lowest BCUT2D eigenvalue weighted by Gasteiger charge is -2.13. The molecule has 0 atom stereocenters. The quantitative estimate of drug-likeness (QED) is 0.581. The van der Waals surface area contributed by atoms with Crippen molar-refractivity contribution in [1.82, 2.24) is 10.4 Å². The summed E-state index contributed by atoms with van der Waals surface area (Å²) in [4.78, 5) is 25.1. The molecule has 0 saturated heterocycles. The first-order valence-corrected chi connectivity index (χ1v) is 7.59. The van der Waals surface area contributed by atoms with Crippen LogP contribution in [0.25, 0.3) is 10.8 Å². The van der Waals surface area contributed by atoms with E-state index in [4.69, 9.17) is 14.6 Å². The highest BCUT2D eigenvalue weighted by Crippen LogP contribution is 2.35. The van der Waals surface area contributed by atoms with Gasteiger partial charge in [-0.1, -0.05) is 24.3 Å². The average molecular weight is 330 g/mol. The number of hydrogen-bond donors (Lipinski definition) is 2. The van der Waals surface area contributed by atoms with Crippen LogP contribution >= 0.6 is 0 Å². The molecule has 0 spiro atoms. The number of nitrogens with one attached hydrogen (secondary N) is 1. The second-order valence-electron chi connectivity index (χ2n) is 5.26. The van der Waals surface area contributed by atoms with Crippen molar-refractivity contribution in [3.05, 3.63) is 41.5 Å². The second kappa shape index (κ2) is 6.96. The molecule has 0 radical (unpaired) electrons. The third-order valence-corrected chi connectivity index (χ3v) is 3.78. The number of amides is 2. The van der Waals surface area contributed by atoms with Crippen LogP contribution in [0.1, 0.15) is 20.7 Å². The van der Waals surface area contributed by atoms with E-state index in [2.05, 4.69) is 5.43 Å². The van der Waals surface area contributed by atoms with E-state index >= 15 is 0 Å². The zero-order valence-corrected chi connectivity index (χ0v) is 13.2. The predicted octanol–water partition coefficient (Wildman–Crippen LogP) is 0.958. The second-order valence-corrected chi connectivity index (χ2v) is 5.26. The Bertz CT molecular complexity index is 790. The van der Waals surface area contributed by atoms with Gasteiger partial charge in [-0.05, 0) is 11.5 Å². The van der Waals surface area contributed by atoms with Gasteiger partial charge in [-0.25, -0.2) is 10.4 Å². The van der Waals surface area contributed by atoms with Crippen molar-refractivity contribution in [3.8, 4) is 5.75 Å². The van der Waals surface area contributed by atoms with E-state index in [0.29, 0.717) is 29.9 Å². The molecule has 0 aromatic heterocycles. The van der Waals surface area contributed by atoms with Crippen molar-refractivity contribution in [1.29, 1.82) is 0 Å². The van der Waals surface area contributed by atoms with Crippen LogP contribution in [0.3, 0.4) is 0 Å². The van der Waals surface area contributed by atoms with E-state index in [-0.39, 0.29) is 18.7 Å². The molecule has 2 aromatic carbocycles. The molecular formula is C17H18N2O5. The third kappa shape index (κ3) is 2.73. The zero-order chi connectivity index (χ0) is 17.1. The van der Waals surface area contributed by atoms with Gasteiger partial charge in [-0.2, -0.15) is 0 Å². The number of benzene rings is 2. The van der Waals surface area contributed by atoms with Gasteiger partial charge < -0.3 is 14.6 Å². The molecule has 2 N–H and O–H groups in total. The van der Waals surface area contributed by atoms with Crippen molar-refractivity contribution < 1.29 is 24.2 Å². The molecule has 0 aliphatic carbocycles. The molecule has 2 aromatic rings. The molecular weight excluding hydrogens is 312 g/mol. The first kappa shape index (κ1) is 16.4. The van der Waals surface area contributed by atoms with Gasteiger partial charge in [-0.3, -0.25) is 9.59 Å². The Balaban J connectivity index is 2.07. The van der Waals surface area contributed by atoms with Crippen LogP contribution in [0, 0.1) is 0 Å². The number of carbonyl (C=O) groups is 2. The molecule has 1 aliphatic rings. The third-order valence-electron chi connectivity index (χ3n) is 3.78. The van der Waals surface area contributed by atoms with E-state index in [0.717, 1.165) is 10.4 Å². The largest absolute Gasteiger partial charge is 0.491 e. The minimum atomic E-state index is -0.453. The summed E-state index contributed by atoms with van der Waals surface area (Å²) in [7, 11) is 1.58. The molecule has 7 heteroatoms. The van der Waals surface area contributed by atoms with E-state index in [9.17, 15) is 9.59 Å². The Hall–Kier alpha value is -2.48. The number of carbonyl (C=O) groups excluding carboxylic acids is 2. The summed E-state index contributed by atoms with van der Waals surface area (Å²) in [6.45, 7) is 0.691. The van der Waals surface area contributed by atoms with Gasteiger partial charge in [0.15, 0.2) is 0 Å². The maximum atomic E-state index is 12.6. The van der Waals surface area contributed by atoms with Crippen LogP contribution in [0.4, 0.5) is 0 Å². The van der Waals surface area contributed by atoms with Gasteiger partial charge in [0.2, 0.25) is 0 Å². The lowest BCUT2D eigenvalue weighted by molar-refractivity contribution is 0.0556. The molecule has 126 valence electrons. The maximum absolute atomic E-state index is 12.6. The van der Waals surface area contributed by atoms with E-state index in [1.165, 1.54) is 0 Å². The normalized spacial score (nSPS) is 13.7. The van der Waals surface area contributed by atoms with Crippen molar-refractivity contribution in [2.24, 2.45) is 0 Å². The summed E-state index contributed by atoms with van der Waals surface area (Å²) in [5, 5.41) is 11.3. The number of aliphatic hydroxyl groups is 1. The SMILES string of the molecule is COCCOc1cc2c(c3ccccc13)C(=O)N(NCCO)C2=O. The average Bonchev–Trinajstić information content (AvgIpc) is 2.84. The molecule has 3 rings (SSSR count). The number of hydrogen-bond acceptors (Lipinski definition) is 6. The van der Waals surface area contributed by atoms with Gasteiger partial charge in [0.25, 0.3) is 11.8 Å². The van der Waals surface area contributed by atoms with Gasteiger partial charge in [0.1, 0.15) is 12.4 Å². The zero-order valence-electron chi connectivity index (χ0n) is 13.2. The topological polar surface area (TPSA) is 88.1 Å². The highest BCUT2D eigenvalue weighted by Gasteiger charge is 2.38. The molecule has 2 amide bonds. The van der Waals surface area contributed by atoms with E-state index in [1.807, 2.05) is 18.2 Å². The van der Waals surface area contributed by atoms with Crippen LogP contribution in [0.2, 0.25) is 0 Å². The number of imide groups is 1. The fourth-order valence-electron chi connectivity index (χ4n) is 2.73. The minimum Gasteiger partial charge on any atom is -0.491 e. The van der Waals surface area contributed by atoms with Crippen LogP contribution in [-0.2, 0) is 4.74 Å². The van der Waals surface area contributed by atoms with Crippen LogP contribution in [0.15, 0.2) is 30.3 Å². The fourth-order valence-corrected chi connectivity index (χ4v) is 2.73. The van der Waals surface area contributed by atoms with Gasteiger partial charge >= 0.3 is 0 Å². The van der Waals surface area contributed by atoms with Crippen LogP contribution in [-0.4, -0.2) is 55.4 Å². The first-order valence-electron chi connectivity index (χ1n) is 7.59. The van der Waals surface area contributed by atoms with Crippen LogP contribution < -0.4 is 10.2 Å². The smallest absolute Gasteiger partial charge is 0.276 e. The summed E-state index contributed by atoms with van der Waals surface area (Å²) in [5.41, 5.74) is 3.27. The van der Waals surface area contributed by atoms with E-state index < -0.39 is 11.8 Å². The lowest BCUT2D eigenvalue weighted by Crippen LogP contribution is -2.43. The Morgan fingerprint density at radius 2 is 1.88 bits per heavy atom. The molecule has 1 aliphatic heterocycles. The van der Waals surface area contributed by atoms with Crippen molar-refractivity contribution >= 4 is 22.6 Å². The minimum absolute atomic E-state index is 0.112. The first-order chi connectivity index (χ1) is 11.7. The molecule has 7 nitrogen and oxygen atoms in total. The molecule has 1 heterocycles. The summed E-state index contributed by atoms with van der Waals surface area (Å²) < 4.78 is 10.7. The fraction of sp³-hybridized carbons (Fsp3) is 0.294. The summed E-state index contributed by atoms with van der Waals surface area (Å²) in [5.74, 6) is -0.347. The lowest BCUT2D eigenvalue weighted by atomic mass is 9.99. The highest BCUT2D eigenvalue weighted by atomic mass is 16.5. The summed E-state index contributed by atoms with van der Waals surface area (Å²) in [6.07, 6.45) is 0. The van der Waals surface area contributed by atoms with Gasteiger partial charge in [0, 0.05) is 19.0 Å². The Kier molecular flexibility index (Phi) is 4.75. The van der Waals surface area contributed by atoms with Crippen molar-refractivity contribution in [2.45, 2.75) is 0 Å². The number of hydrazine groups is 1. The monoisotopic (exact) mass is 330 g/mol. The Morgan fingerprint density at radius 3 is 2.58 bits per heavy atom. The molecule has 0 unspecified atom stereocenters. The van der Waals surface area contributed by atoms with Gasteiger partial charge in [-0.15, -0.1) is 0 Å². The highest BCUT2D eigenvalue weighted by molar-refractivity contribution is 6.26. The number of rotatable bonds is 7. The molecule has 0 fully saturated rings. The maximum Gasteiger partial charge on any atom is 0.276 e. The Morgan fingerprint density at radius 1 is 1.12 bits per heavy atom. The summed E-state index contributed by atoms with van der Waals surface area (Å²) >= 11 is 0. The molecule has 24 heavy (non-hydrogen) atoms. The molecule has 0 saturated carbocycles. The standard InChI is InChI=1S/C17H18N2O5/c1-23-8-9-24-14-10-13-15(12-5-3-2-4-11(12)14)17(22)19(16(13)21)18-6-7-20/h2-5,10,18,20H,6-9H2,1H3. The molecule has 0 bridgehead atoms. The number of fused-ring (bicyclic) bond motifs is 3. The number of aliphatic hydroxyl groups excluding tert-OH is 1. The number of ether oxygens (including phenoxy) is 2. The van der Waals surface area contributed by atoms with Gasteiger partial charge in [0.05, 0.1) is 24.3 Å². The number of nitrogens with zero attached hydrogens (tertiary/aromatic N) is 1. The van der Waals surface area contributed by atoms with Crippen molar-refractivity contribution in [3.63, 3.8) is 0 Å². The Labute approximate surface area is 138 Å². The number of methoxy groups -OCH3 is 1. The predicted molar refractivity (Wildman–Crippen MR) is 86.9 cm³/mol. The van der Waals surface area contributed by atoms with Crippen molar-refractivity contribution in [2.75, 3.05) is 33.5 Å². The summed E-state index contributed by atoms with van der Waals surface area (Å²) in [6, 6.07) is 8.88.